The first-order valence-electron chi connectivity index (χ1n) is 14.7. The molecule has 0 spiro atoms. The maximum atomic E-state index is 13.5. The Kier molecular flexibility index (Phi) is 11.5. The lowest BCUT2D eigenvalue weighted by Crippen LogP contribution is -2.49. The van der Waals surface area contributed by atoms with Crippen LogP contribution in [0.2, 0.25) is 0 Å². The molecule has 252 valence electrons. The molecular weight excluding hydrogens is 649 g/mol. The second kappa shape index (κ2) is 15.2. The van der Waals surface area contributed by atoms with Crippen molar-refractivity contribution in [1.29, 1.82) is 5.26 Å². The minimum atomic E-state index is -3.86. The zero-order chi connectivity index (χ0) is 34.4. The summed E-state index contributed by atoms with van der Waals surface area (Å²) in [5, 5.41) is 33.6. The first-order valence-corrected chi connectivity index (χ1v) is 18.0. The zero-order valence-corrected chi connectivity index (χ0v) is 27.9. The lowest BCUT2D eigenvalue weighted by atomic mass is 10.1. The van der Waals surface area contributed by atoms with Crippen LogP contribution < -0.4 is 19.8 Å². The van der Waals surface area contributed by atoms with Crippen LogP contribution in [-0.4, -0.2) is 106 Å². The first kappa shape index (κ1) is 35.7. The SMILES string of the molecule is Cc1cc(C#N)nc(N2CCN(S(=O)(=O)c3ccc(NC(=O)c4cc(CNCC(CO)CO)ccc4N(C)S(C)(=O)=O)cc3)CC2)n1. The van der Waals surface area contributed by atoms with E-state index in [4.69, 9.17) is 0 Å². The van der Waals surface area contributed by atoms with Crippen LogP contribution in [0.4, 0.5) is 17.3 Å². The topological polar surface area (TPSA) is 209 Å². The summed E-state index contributed by atoms with van der Waals surface area (Å²) < 4.78 is 53.8. The van der Waals surface area contributed by atoms with E-state index in [0.29, 0.717) is 49.1 Å². The van der Waals surface area contributed by atoms with E-state index in [9.17, 15) is 37.1 Å². The van der Waals surface area contributed by atoms with Gasteiger partial charge in [0.1, 0.15) is 11.8 Å². The Balaban J connectivity index is 1.46. The van der Waals surface area contributed by atoms with E-state index in [1.54, 1.807) is 25.1 Å². The molecule has 0 bridgehead atoms. The fourth-order valence-electron chi connectivity index (χ4n) is 4.87. The highest BCUT2D eigenvalue weighted by molar-refractivity contribution is 7.92. The summed E-state index contributed by atoms with van der Waals surface area (Å²) in [6.45, 7) is 3.03. The molecule has 0 unspecified atom stereocenters. The number of carbonyl (C=O) groups is 1. The molecule has 1 aliphatic rings. The van der Waals surface area contributed by atoms with Crippen molar-refractivity contribution in [2.45, 2.75) is 18.4 Å². The van der Waals surface area contributed by atoms with E-state index < -0.39 is 26.0 Å². The largest absolute Gasteiger partial charge is 0.396 e. The van der Waals surface area contributed by atoms with Gasteiger partial charge in [-0.3, -0.25) is 9.10 Å². The van der Waals surface area contributed by atoms with Crippen LogP contribution in [0.1, 0.15) is 27.3 Å². The van der Waals surface area contributed by atoms with Gasteiger partial charge < -0.3 is 25.7 Å². The monoisotopic (exact) mass is 686 g/mol. The van der Waals surface area contributed by atoms with Gasteiger partial charge in [-0.15, -0.1) is 0 Å². The minimum Gasteiger partial charge on any atom is -0.396 e. The van der Waals surface area contributed by atoms with Gasteiger partial charge in [0.2, 0.25) is 26.0 Å². The van der Waals surface area contributed by atoms with Crippen LogP contribution in [-0.2, 0) is 26.6 Å². The molecule has 4 rings (SSSR count). The van der Waals surface area contributed by atoms with Gasteiger partial charge in [0.25, 0.3) is 5.91 Å². The van der Waals surface area contributed by atoms with Gasteiger partial charge in [0.15, 0.2) is 0 Å². The van der Waals surface area contributed by atoms with Gasteiger partial charge in [-0.25, -0.2) is 26.8 Å². The average molecular weight is 687 g/mol. The molecule has 17 heteroatoms. The lowest BCUT2D eigenvalue weighted by Gasteiger charge is -2.34. The van der Waals surface area contributed by atoms with Gasteiger partial charge in [0.05, 0.1) is 22.4 Å². The van der Waals surface area contributed by atoms with Gasteiger partial charge in [-0.1, -0.05) is 6.07 Å². The maximum Gasteiger partial charge on any atom is 0.257 e. The minimum absolute atomic E-state index is 0.0390. The molecule has 0 radical (unpaired) electrons. The molecule has 0 atom stereocenters. The third-order valence-electron chi connectivity index (χ3n) is 7.65. The molecule has 15 nitrogen and oxygen atoms in total. The summed E-state index contributed by atoms with van der Waals surface area (Å²) >= 11 is 0. The summed E-state index contributed by atoms with van der Waals surface area (Å²) in [5.41, 5.74) is 2.07. The molecular formula is C30H38N8O7S2. The molecule has 0 saturated carbocycles. The van der Waals surface area contributed by atoms with Crippen molar-refractivity contribution in [3.8, 4) is 6.07 Å². The normalized spacial score (nSPS) is 14.2. The number of aryl methyl sites for hydroxylation is 1. The predicted octanol–water partition coefficient (Wildman–Crippen LogP) is 0.506. The van der Waals surface area contributed by atoms with Gasteiger partial charge in [-0.05, 0) is 55.0 Å². The summed E-state index contributed by atoms with van der Waals surface area (Å²) in [4.78, 5) is 23.9. The molecule has 47 heavy (non-hydrogen) atoms. The van der Waals surface area contributed by atoms with E-state index in [0.717, 1.165) is 10.6 Å². The van der Waals surface area contributed by atoms with Crippen molar-refractivity contribution < 1.29 is 31.8 Å². The average Bonchev–Trinajstić information content (AvgIpc) is 3.06. The number of nitrogens with zero attached hydrogens (tertiary/aromatic N) is 6. The number of amides is 1. The molecule has 2 heterocycles. The predicted molar refractivity (Wildman–Crippen MR) is 176 cm³/mol. The number of aromatic nitrogens is 2. The van der Waals surface area contributed by atoms with Crippen molar-refractivity contribution in [3.63, 3.8) is 0 Å². The standard InChI is InChI=1S/C30H38N8O7S2/c1-21-14-25(16-31)35-30(33-21)37-10-12-38(13-11-37)47(44,45)26-7-5-24(6-8-26)34-29(41)27-15-22(17-32-18-23(19-39)20-40)4-9-28(27)36(2)46(3,42)43/h4-9,14-15,23,32,39-40H,10-13,17-20H2,1-3H3,(H,34,41). The van der Waals surface area contributed by atoms with Crippen molar-refractivity contribution >= 4 is 43.3 Å². The van der Waals surface area contributed by atoms with Crippen LogP contribution in [0.5, 0.6) is 0 Å². The highest BCUT2D eigenvalue weighted by Crippen LogP contribution is 2.26. The summed E-state index contributed by atoms with van der Waals surface area (Å²) in [6, 6.07) is 14.0. The number of benzene rings is 2. The molecule has 1 fully saturated rings. The van der Waals surface area contributed by atoms with E-state index in [2.05, 4.69) is 20.6 Å². The van der Waals surface area contributed by atoms with Gasteiger partial charge in [-0.2, -0.15) is 9.57 Å². The number of rotatable bonds is 13. The van der Waals surface area contributed by atoms with E-state index in [-0.39, 0.29) is 54.1 Å². The molecule has 1 amide bonds. The highest BCUT2D eigenvalue weighted by atomic mass is 32.2. The number of piperazine rings is 1. The van der Waals surface area contributed by atoms with Crippen LogP contribution in [0.3, 0.4) is 0 Å². The third kappa shape index (κ3) is 8.80. The van der Waals surface area contributed by atoms with Gasteiger partial charge in [0, 0.05) is 76.8 Å². The van der Waals surface area contributed by atoms with Crippen molar-refractivity contribution in [3.05, 3.63) is 71.0 Å². The summed E-state index contributed by atoms with van der Waals surface area (Å²) in [5.74, 6) is -0.578. The Labute approximate surface area is 274 Å². The number of hydrogen-bond donors (Lipinski definition) is 4. The fourth-order valence-corrected chi connectivity index (χ4v) is 6.81. The van der Waals surface area contributed by atoms with E-state index in [1.807, 2.05) is 11.0 Å². The second-order valence-electron chi connectivity index (χ2n) is 11.1. The smallest absolute Gasteiger partial charge is 0.257 e. The van der Waals surface area contributed by atoms with Crippen LogP contribution in [0.25, 0.3) is 0 Å². The highest BCUT2D eigenvalue weighted by Gasteiger charge is 2.30. The number of nitriles is 1. The number of anilines is 3. The van der Waals surface area contributed by atoms with Gasteiger partial charge >= 0.3 is 0 Å². The number of sulfonamides is 2. The lowest BCUT2D eigenvalue weighted by molar-refractivity contribution is 0.102. The molecule has 4 N–H and O–H groups in total. The third-order valence-corrected chi connectivity index (χ3v) is 10.8. The molecule has 1 aromatic heterocycles. The zero-order valence-electron chi connectivity index (χ0n) is 26.3. The molecule has 2 aromatic carbocycles. The number of carbonyl (C=O) groups excluding carboxylic acids is 1. The van der Waals surface area contributed by atoms with E-state index >= 15 is 0 Å². The summed E-state index contributed by atoms with van der Waals surface area (Å²) in [6.07, 6.45) is 1.02. The first-order chi connectivity index (χ1) is 22.3. The Bertz CT molecular complexity index is 1840. The number of hydrogen-bond acceptors (Lipinski definition) is 12. The molecule has 3 aromatic rings. The van der Waals surface area contributed by atoms with Crippen LogP contribution in [0, 0.1) is 24.2 Å². The van der Waals surface area contributed by atoms with Crippen LogP contribution >= 0.6 is 0 Å². The number of nitrogens with one attached hydrogen (secondary N) is 2. The summed E-state index contributed by atoms with van der Waals surface area (Å²) in [7, 11) is -6.22. The molecule has 1 aliphatic heterocycles. The maximum absolute atomic E-state index is 13.5. The van der Waals surface area contributed by atoms with Crippen molar-refractivity contribution in [2.75, 3.05) is 73.8 Å². The number of aliphatic hydroxyl groups is 2. The van der Waals surface area contributed by atoms with Crippen LogP contribution in [0.15, 0.2) is 53.4 Å². The quantitative estimate of drug-likeness (QED) is 0.194. The Morgan fingerprint density at radius 3 is 2.28 bits per heavy atom. The molecule has 0 aliphatic carbocycles. The van der Waals surface area contributed by atoms with Crippen molar-refractivity contribution in [2.24, 2.45) is 5.92 Å². The fraction of sp³-hybridized carbons (Fsp3) is 0.400. The number of aliphatic hydroxyl groups excluding tert-OH is 2. The second-order valence-corrected chi connectivity index (χ2v) is 15.1. The molecule has 1 saturated heterocycles. The van der Waals surface area contributed by atoms with E-state index in [1.165, 1.54) is 41.7 Å². The van der Waals surface area contributed by atoms with Crippen molar-refractivity contribution in [1.82, 2.24) is 19.6 Å². The Hall–Kier alpha value is -4.18. The Morgan fingerprint density at radius 1 is 1.02 bits per heavy atom. The Morgan fingerprint density at radius 2 is 1.68 bits per heavy atom.